The molecule has 1 rings (SSSR count). The topological polar surface area (TPSA) is 34.1 Å². The Bertz CT molecular complexity index is 363. The van der Waals surface area contributed by atoms with Crippen molar-refractivity contribution in [3.8, 4) is 0 Å². The molecule has 0 bridgehead atoms. The molecule has 0 radical (unpaired) electrons. The number of Topliss-reactive ketones (excluding diaryl/α,β-unsaturated/α-hetero) is 2. The standard InChI is InChI=1S/C14H18O2/c1-11(15)5-3-4-6-13-7-9-14(10-8-13)12(2)16/h7-10H,3-6H2,1-2H3. The number of ketones is 2. The van der Waals surface area contributed by atoms with E-state index in [1.165, 1.54) is 5.56 Å². The second-order valence-electron chi connectivity index (χ2n) is 4.16. The minimum Gasteiger partial charge on any atom is -0.300 e. The molecular weight excluding hydrogens is 200 g/mol. The number of hydrogen-bond acceptors (Lipinski definition) is 2. The van der Waals surface area contributed by atoms with E-state index in [1.807, 2.05) is 24.3 Å². The predicted octanol–water partition coefficient (Wildman–Crippen LogP) is 3.19. The van der Waals surface area contributed by atoms with Crippen molar-refractivity contribution in [3.63, 3.8) is 0 Å². The monoisotopic (exact) mass is 218 g/mol. The van der Waals surface area contributed by atoms with E-state index >= 15 is 0 Å². The Kier molecular flexibility index (Phi) is 4.90. The Balaban J connectivity index is 2.38. The third kappa shape index (κ3) is 4.39. The van der Waals surface area contributed by atoms with E-state index in [9.17, 15) is 9.59 Å². The van der Waals surface area contributed by atoms with Crippen molar-refractivity contribution in [2.75, 3.05) is 0 Å². The summed E-state index contributed by atoms with van der Waals surface area (Å²) >= 11 is 0. The molecule has 0 unspecified atom stereocenters. The fourth-order valence-corrected chi connectivity index (χ4v) is 1.61. The molecule has 86 valence electrons. The molecule has 0 saturated carbocycles. The van der Waals surface area contributed by atoms with Crippen molar-refractivity contribution in [2.45, 2.75) is 39.5 Å². The van der Waals surface area contributed by atoms with Crippen LogP contribution >= 0.6 is 0 Å². The van der Waals surface area contributed by atoms with Gasteiger partial charge in [0.2, 0.25) is 0 Å². The first kappa shape index (κ1) is 12.6. The minimum atomic E-state index is 0.100. The highest BCUT2D eigenvalue weighted by Gasteiger charge is 1.99. The van der Waals surface area contributed by atoms with Gasteiger partial charge in [-0.2, -0.15) is 0 Å². The number of benzene rings is 1. The molecular formula is C14H18O2. The van der Waals surface area contributed by atoms with E-state index in [0.29, 0.717) is 6.42 Å². The first-order chi connectivity index (χ1) is 7.59. The van der Waals surface area contributed by atoms with Crippen LogP contribution in [0.1, 0.15) is 49.0 Å². The van der Waals surface area contributed by atoms with Gasteiger partial charge in [-0.15, -0.1) is 0 Å². The quantitative estimate of drug-likeness (QED) is 0.543. The average molecular weight is 218 g/mol. The van der Waals surface area contributed by atoms with Crippen molar-refractivity contribution < 1.29 is 9.59 Å². The summed E-state index contributed by atoms with van der Waals surface area (Å²) < 4.78 is 0. The second-order valence-corrected chi connectivity index (χ2v) is 4.16. The van der Waals surface area contributed by atoms with Crippen LogP contribution in [0.3, 0.4) is 0 Å². The highest BCUT2D eigenvalue weighted by Crippen LogP contribution is 2.09. The van der Waals surface area contributed by atoms with E-state index in [0.717, 1.165) is 24.8 Å². The lowest BCUT2D eigenvalue weighted by atomic mass is 10.0. The summed E-state index contributed by atoms with van der Waals surface area (Å²) in [5, 5.41) is 0. The van der Waals surface area contributed by atoms with E-state index in [2.05, 4.69) is 0 Å². The fraction of sp³-hybridized carbons (Fsp3) is 0.429. The molecule has 2 heteroatoms. The molecule has 1 aromatic carbocycles. The zero-order valence-corrected chi connectivity index (χ0v) is 9.95. The molecule has 0 aliphatic rings. The molecule has 0 heterocycles. The van der Waals surface area contributed by atoms with Gasteiger partial charge in [-0.05, 0) is 38.7 Å². The van der Waals surface area contributed by atoms with Gasteiger partial charge in [0.15, 0.2) is 5.78 Å². The summed E-state index contributed by atoms with van der Waals surface area (Å²) in [5.41, 5.74) is 1.99. The Morgan fingerprint density at radius 2 is 1.62 bits per heavy atom. The third-order valence-corrected chi connectivity index (χ3v) is 2.60. The summed E-state index contributed by atoms with van der Waals surface area (Å²) in [6.45, 7) is 3.20. The molecule has 1 aromatic rings. The minimum absolute atomic E-state index is 0.100. The van der Waals surface area contributed by atoms with Gasteiger partial charge in [-0.3, -0.25) is 4.79 Å². The van der Waals surface area contributed by atoms with Crippen LogP contribution in [-0.2, 0) is 11.2 Å². The molecule has 0 aromatic heterocycles. The van der Waals surface area contributed by atoms with Gasteiger partial charge in [-0.25, -0.2) is 0 Å². The molecule has 0 spiro atoms. The van der Waals surface area contributed by atoms with Crippen LogP contribution in [0, 0.1) is 0 Å². The van der Waals surface area contributed by atoms with Crippen molar-refractivity contribution in [3.05, 3.63) is 35.4 Å². The highest BCUT2D eigenvalue weighted by molar-refractivity contribution is 5.93. The SMILES string of the molecule is CC(=O)CCCCc1ccc(C(C)=O)cc1. The molecule has 0 N–H and O–H groups in total. The number of rotatable bonds is 6. The van der Waals surface area contributed by atoms with Crippen LogP contribution < -0.4 is 0 Å². The number of hydrogen-bond donors (Lipinski definition) is 0. The Morgan fingerprint density at radius 3 is 2.12 bits per heavy atom. The Hall–Kier alpha value is -1.44. The van der Waals surface area contributed by atoms with Crippen molar-refractivity contribution in [1.29, 1.82) is 0 Å². The molecule has 0 fully saturated rings. The summed E-state index contributed by atoms with van der Waals surface area (Å²) in [4.78, 5) is 21.8. The van der Waals surface area contributed by atoms with Gasteiger partial charge in [0.25, 0.3) is 0 Å². The van der Waals surface area contributed by atoms with Gasteiger partial charge in [0, 0.05) is 12.0 Å². The number of carbonyl (C=O) groups excluding carboxylic acids is 2. The van der Waals surface area contributed by atoms with Gasteiger partial charge in [0.05, 0.1) is 0 Å². The number of carbonyl (C=O) groups is 2. The second kappa shape index (κ2) is 6.21. The highest BCUT2D eigenvalue weighted by atomic mass is 16.1. The maximum atomic E-state index is 11.1. The van der Waals surface area contributed by atoms with Gasteiger partial charge in [0.1, 0.15) is 5.78 Å². The molecule has 0 saturated heterocycles. The first-order valence-corrected chi connectivity index (χ1v) is 5.69. The smallest absolute Gasteiger partial charge is 0.159 e. The summed E-state index contributed by atoms with van der Waals surface area (Å²) in [6, 6.07) is 7.71. The molecule has 0 aliphatic carbocycles. The number of aryl methyl sites for hydroxylation is 1. The van der Waals surface area contributed by atoms with Crippen LogP contribution in [0.15, 0.2) is 24.3 Å². The largest absolute Gasteiger partial charge is 0.300 e. The Labute approximate surface area is 96.7 Å². The summed E-state index contributed by atoms with van der Waals surface area (Å²) in [5.74, 6) is 0.357. The van der Waals surface area contributed by atoms with Crippen molar-refractivity contribution in [2.24, 2.45) is 0 Å². The zero-order chi connectivity index (χ0) is 12.0. The lowest BCUT2D eigenvalue weighted by Gasteiger charge is -2.02. The van der Waals surface area contributed by atoms with Gasteiger partial charge in [-0.1, -0.05) is 24.3 Å². The van der Waals surface area contributed by atoms with Crippen molar-refractivity contribution in [1.82, 2.24) is 0 Å². The lowest BCUT2D eigenvalue weighted by molar-refractivity contribution is -0.117. The van der Waals surface area contributed by atoms with Crippen LogP contribution in [-0.4, -0.2) is 11.6 Å². The lowest BCUT2D eigenvalue weighted by Crippen LogP contribution is -1.94. The molecule has 0 aliphatic heterocycles. The fourth-order valence-electron chi connectivity index (χ4n) is 1.61. The molecule has 0 atom stereocenters. The first-order valence-electron chi connectivity index (χ1n) is 5.69. The van der Waals surface area contributed by atoms with E-state index < -0.39 is 0 Å². The summed E-state index contributed by atoms with van der Waals surface area (Å²) in [6.07, 6.45) is 3.62. The predicted molar refractivity (Wildman–Crippen MR) is 64.7 cm³/mol. The Morgan fingerprint density at radius 1 is 1.00 bits per heavy atom. The van der Waals surface area contributed by atoms with E-state index in [1.54, 1.807) is 13.8 Å². The van der Waals surface area contributed by atoms with Crippen LogP contribution in [0.4, 0.5) is 0 Å². The maximum Gasteiger partial charge on any atom is 0.159 e. The van der Waals surface area contributed by atoms with E-state index in [4.69, 9.17) is 0 Å². The van der Waals surface area contributed by atoms with Gasteiger partial charge < -0.3 is 4.79 Å². The van der Waals surface area contributed by atoms with Gasteiger partial charge >= 0.3 is 0 Å². The molecule has 0 amide bonds. The zero-order valence-electron chi connectivity index (χ0n) is 9.95. The van der Waals surface area contributed by atoms with Crippen LogP contribution in [0.2, 0.25) is 0 Å². The normalized spacial score (nSPS) is 10.1. The third-order valence-electron chi connectivity index (χ3n) is 2.60. The van der Waals surface area contributed by atoms with Crippen LogP contribution in [0.25, 0.3) is 0 Å². The average Bonchev–Trinajstić information content (AvgIpc) is 2.25. The van der Waals surface area contributed by atoms with Crippen LogP contribution in [0.5, 0.6) is 0 Å². The van der Waals surface area contributed by atoms with Crippen molar-refractivity contribution >= 4 is 11.6 Å². The molecule has 16 heavy (non-hydrogen) atoms. The summed E-state index contributed by atoms with van der Waals surface area (Å²) in [7, 11) is 0. The molecule has 2 nitrogen and oxygen atoms in total. The van der Waals surface area contributed by atoms with E-state index in [-0.39, 0.29) is 11.6 Å². The number of unbranched alkanes of at least 4 members (excludes halogenated alkanes) is 1. The maximum absolute atomic E-state index is 11.1.